The minimum atomic E-state index is -3.57. The number of ether oxygens (including phenoxy) is 2. The van der Waals surface area contributed by atoms with E-state index in [2.05, 4.69) is 15.5 Å². The molecule has 3 aromatic rings. The summed E-state index contributed by atoms with van der Waals surface area (Å²) in [6.07, 6.45) is 1.29. The van der Waals surface area contributed by atoms with Gasteiger partial charge in [0.1, 0.15) is 11.6 Å². The molecule has 0 aliphatic heterocycles. The highest BCUT2D eigenvalue weighted by Gasteiger charge is 2.20. The molecule has 1 N–H and O–H groups in total. The number of rotatable bonds is 9. The molecule has 0 radical (unpaired) electrons. The van der Waals surface area contributed by atoms with Gasteiger partial charge in [-0.25, -0.2) is 13.2 Å². The van der Waals surface area contributed by atoms with Gasteiger partial charge < -0.3 is 9.47 Å². The molecule has 2 aromatic carbocycles. The molecule has 1 aromatic heterocycles. The Hall–Kier alpha value is -3.79. The molecule has 0 spiro atoms. The number of benzene rings is 2. The number of amides is 1. The van der Waals surface area contributed by atoms with Gasteiger partial charge in [-0.1, -0.05) is 48.1 Å². The first-order valence-electron chi connectivity index (χ1n) is 10.4. The molecule has 10 nitrogen and oxygen atoms in total. The Bertz CT molecular complexity index is 1480. The molecule has 0 saturated heterocycles. The Kier molecular flexibility index (Phi) is 8.76. The second-order valence-corrected chi connectivity index (χ2v) is 10.7. The molecule has 0 unspecified atom stereocenters. The first-order chi connectivity index (χ1) is 17.2. The Morgan fingerprint density at radius 2 is 1.92 bits per heavy atom. The van der Waals surface area contributed by atoms with E-state index in [0.717, 1.165) is 0 Å². The van der Waals surface area contributed by atoms with Crippen LogP contribution in [0.15, 0.2) is 52.4 Å². The number of anilines is 1. The van der Waals surface area contributed by atoms with E-state index >= 15 is 0 Å². The lowest BCUT2D eigenvalue weighted by Gasteiger charge is -2.12. The van der Waals surface area contributed by atoms with E-state index in [1.807, 2.05) is 0 Å². The van der Waals surface area contributed by atoms with Gasteiger partial charge in [-0.15, -0.1) is 10.2 Å². The summed E-state index contributed by atoms with van der Waals surface area (Å²) in [7, 11) is -3.57. The van der Waals surface area contributed by atoms with Crippen molar-refractivity contribution in [3.05, 3.63) is 64.2 Å². The quantitative estimate of drug-likeness (QED) is 0.137. The van der Waals surface area contributed by atoms with Crippen molar-refractivity contribution >= 4 is 55.9 Å². The van der Waals surface area contributed by atoms with Crippen LogP contribution in [0.5, 0.6) is 11.5 Å². The third kappa shape index (κ3) is 6.45. The first-order valence-corrected chi connectivity index (χ1v) is 13.3. The molecule has 0 saturated carbocycles. The van der Waals surface area contributed by atoms with Gasteiger partial charge in [-0.3, -0.25) is 10.1 Å². The molecule has 1 amide bonds. The van der Waals surface area contributed by atoms with Gasteiger partial charge in [-0.05, 0) is 42.8 Å². The van der Waals surface area contributed by atoms with Gasteiger partial charge in [0.25, 0.3) is 5.91 Å². The zero-order valence-electron chi connectivity index (χ0n) is 19.0. The molecule has 0 aliphatic carbocycles. The molecule has 3 rings (SSSR count). The molecule has 13 heteroatoms. The highest BCUT2D eigenvalue weighted by molar-refractivity contribution is 7.93. The minimum absolute atomic E-state index is 0.0648. The predicted octanol–water partition coefficient (Wildman–Crippen LogP) is 4.15. The number of nitrogens with zero attached hydrogens (tertiary/aromatic N) is 3. The largest absolute Gasteiger partial charge is 0.490 e. The molecule has 0 bridgehead atoms. The fraction of sp³-hybridized carbons (Fsp3) is 0.174. The summed E-state index contributed by atoms with van der Waals surface area (Å²) >= 11 is 6.74. The maximum absolute atomic E-state index is 12.6. The van der Waals surface area contributed by atoms with Crippen LogP contribution in [0.1, 0.15) is 29.8 Å². The number of carbonyl (C=O) groups excluding carboxylic acids is 2. The van der Waals surface area contributed by atoms with Crippen LogP contribution in [-0.4, -0.2) is 42.9 Å². The number of hydrogen-bond acceptors (Lipinski definition) is 10. The Morgan fingerprint density at radius 3 is 2.58 bits per heavy atom. The van der Waals surface area contributed by atoms with Crippen molar-refractivity contribution in [1.29, 1.82) is 5.26 Å². The molecule has 1 heterocycles. The van der Waals surface area contributed by atoms with Crippen LogP contribution in [0, 0.1) is 11.3 Å². The van der Waals surface area contributed by atoms with Gasteiger partial charge in [0.15, 0.2) is 11.5 Å². The van der Waals surface area contributed by atoms with Crippen LogP contribution < -0.4 is 14.8 Å². The van der Waals surface area contributed by atoms with Crippen molar-refractivity contribution in [2.24, 2.45) is 0 Å². The Balaban J connectivity index is 1.82. The second-order valence-electron chi connectivity index (χ2n) is 6.91. The van der Waals surface area contributed by atoms with E-state index < -0.39 is 21.7 Å². The lowest BCUT2D eigenvalue weighted by atomic mass is 10.1. The molecule has 186 valence electrons. The smallest absolute Gasteiger partial charge is 0.345 e. The van der Waals surface area contributed by atoms with Crippen LogP contribution in [0.4, 0.5) is 5.13 Å². The van der Waals surface area contributed by atoms with Crippen molar-refractivity contribution in [2.75, 3.05) is 17.7 Å². The number of nitriles is 1. The van der Waals surface area contributed by atoms with Gasteiger partial charge in [-0.2, -0.15) is 5.26 Å². The van der Waals surface area contributed by atoms with Crippen LogP contribution in [0.25, 0.3) is 6.08 Å². The highest BCUT2D eigenvalue weighted by Crippen LogP contribution is 2.31. The summed E-state index contributed by atoms with van der Waals surface area (Å²) in [5.41, 5.74) is 0.308. The second kappa shape index (κ2) is 11.8. The summed E-state index contributed by atoms with van der Waals surface area (Å²) in [5, 5.41) is 19.2. The van der Waals surface area contributed by atoms with Gasteiger partial charge in [0, 0.05) is 0 Å². The van der Waals surface area contributed by atoms with E-state index in [9.17, 15) is 23.3 Å². The van der Waals surface area contributed by atoms with Gasteiger partial charge >= 0.3 is 5.97 Å². The van der Waals surface area contributed by atoms with Crippen LogP contribution >= 0.6 is 22.9 Å². The van der Waals surface area contributed by atoms with Crippen molar-refractivity contribution in [3.8, 4) is 17.6 Å². The van der Waals surface area contributed by atoms with Gasteiger partial charge in [0.2, 0.25) is 19.3 Å². The minimum Gasteiger partial charge on any atom is -0.490 e. The third-order valence-corrected chi connectivity index (χ3v) is 7.86. The lowest BCUT2D eigenvalue weighted by Crippen LogP contribution is -2.13. The van der Waals surface area contributed by atoms with E-state index in [4.69, 9.17) is 21.1 Å². The standard InChI is InChI=1S/C23H19ClN4O6S2/c1-3-33-19-12-14(9-10-18(19)34-21(30)16-7-5-6-8-17(16)24)11-15(13-25)20(29)26-22-27-28-23(35-22)36(31,32)4-2/h5-12H,3-4H2,1-2H3,(H,26,27,29). The number of aromatic nitrogens is 2. The molecule has 0 aliphatic rings. The summed E-state index contributed by atoms with van der Waals surface area (Å²) in [5.74, 6) is -1.31. The molecule has 0 atom stereocenters. The average Bonchev–Trinajstić information content (AvgIpc) is 3.33. The average molecular weight is 547 g/mol. The van der Waals surface area contributed by atoms with Crippen LogP contribution in [0.3, 0.4) is 0 Å². The summed E-state index contributed by atoms with van der Waals surface area (Å²) < 4.78 is 34.6. The topological polar surface area (TPSA) is 148 Å². The summed E-state index contributed by atoms with van der Waals surface area (Å²) in [6.45, 7) is 3.46. The van der Waals surface area contributed by atoms with Crippen molar-refractivity contribution in [3.63, 3.8) is 0 Å². The SMILES string of the molecule is CCOc1cc(C=C(C#N)C(=O)Nc2nnc(S(=O)(=O)CC)s2)ccc1OC(=O)c1ccccc1Cl. The molecule has 36 heavy (non-hydrogen) atoms. The monoisotopic (exact) mass is 546 g/mol. The summed E-state index contributed by atoms with van der Waals surface area (Å²) in [4.78, 5) is 25.1. The number of halogens is 1. The van der Waals surface area contributed by atoms with E-state index in [1.165, 1.54) is 37.3 Å². The zero-order chi connectivity index (χ0) is 26.3. The fourth-order valence-corrected chi connectivity index (χ4v) is 4.93. The maximum atomic E-state index is 12.6. The maximum Gasteiger partial charge on any atom is 0.345 e. The highest BCUT2D eigenvalue weighted by atomic mass is 35.5. The third-order valence-electron chi connectivity index (χ3n) is 4.51. The fourth-order valence-electron chi connectivity index (χ4n) is 2.74. The van der Waals surface area contributed by atoms with E-state index in [-0.39, 0.29) is 49.5 Å². The van der Waals surface area contributed by atoms with E-state index in [1.54, 1.807) is 31.2 Å². The normalized spacial score (nSPS) is 11.4. The van der Waals surface area contributed by atoms with Crippen LogP contribution in [-0.2, 0) is 14.6 Å². The van der Waals surface area contributed by atoms with E-state index in [0.29, 0.717) is 16.9 Å². The molecule has 0 fully saturated rings. The number of carbonyl (C=O) groups is 2. The van der Waals surface area contributed by atoms with Crippen LogP contribution in [0.2, 0.25) is 5.02 Å². The van der Waals surface area contributed by atoms with Crippen molar-refractivity contribution in [2.45, 2.75) is 18.2 Å². The number of hydrogen-bond donors (Lipinski definition) is 1. The lowest BCUT2D eigenvalue weighted by molar-refractivity contribution is -0.112. The summed E-state index contributed by atoms with van der Waals surface area (Å²) in [6, 6.07) is 12.7. The molecular weight excluding hydrogens is 528 g/mol. The number of sulfone groups is 1. The zero-order valence-corrected chi connectivity index (χ0v) is 21.4. The van der Waals surface area contributed by atoms with Crippen molar-refractivity contribution in [1.82, 2.24) is 10.2 Å². The van der Waals surface area contributed by atoms with Crippen molar-refractivity contribution < 1.29 is 27.5 Å². The number of nitrogens with one attached hydrogen (secondary N) is 1. The predicted molar refractivity (Wildman–Crippen MR) is 134 cm³/mol. The molecular formula is C23H19ClN4O6S2. The first kappa shape index (κ1) is 26.8. The number of esters is 1. The Morgan fingerprint density at radius 1 is 1.17 bits per heavy atom. The Labute approximate surface area is 216 Å². The van der Waals surface area contributed by atoms with Gasteiger partial charge in [0.05, 0.1) is 22.9 Å².